The van der Waals surface area contributed by atoms with Crippen molar-refractivity contribution in [2.45, 2.75) is 13.5 Å². The van der Waals surface area contributed by atoms with E-state index in [2.05, 4.69) is 26.2 Å². The lowest BCUT2D eigenvalue weighted by Gasteiger charge is -2.05. The number of halogens is 1. The van der Waals surface area contributed by atoms with Crippen molar-refractivity contribution >= 4 is 15.9 Å². The van der Waals surface area contributed by atoms with Crippen molar-refractivity contribution in [2.75, 3.05) is 13.1 Å². The predicted octanol–water partition coefficient (Wildman–Crippen LogP) is -0.0914. The molecule has 1 heterocycles. The number of nitrogens with one attached hydrogen (secondary N) is 2. The van der Waals surface area contributed by atoms with Gasteiger partial charge in [0.2, 0.25) is 0 Å². The van der Waals surface area contributed by atoms with Crippen molar-refractivity contribution in [1.29, 1.82) is 0 Å². The minimum absolute atomic E-state index is 0.369. The van der Waals surface area contributed by atoms with E-state index in [9.17, 15) is 9.59 Å². The van der Waals surface area contributed by atoms with Crippen LogP contribution in [0.15, 0.2) is 20.3 Å². The Hall–Kier alpha value is -0.880. The third-order valence-corrected chi connectivity index (χ3v) is 2.31. The van der Waals surface area contributed by atoms with Crippen molar-refractivity contribution in [3.05, 3.63) is 31.5 Å². The third-order valence-electron chi connectivity index (χ3n) is 1.75. The molecule has 1 rings (SSSR count). The van der Waals surface area contributed by atoms with E-state index < -0.39 is 5.56 Å². The molecule has 78 valence electrons. The summed E-state index contributed by atoms with van der Waals surface area (Å²) in [7, 11) is 0. The Morgan fingerprint density at radius 1 is 1.57 bits per heavy atom. The highest BCUT2D eigenvalue weighted by molar-refractivity contribution is 9.10. The van der Waals surface area contributed by atoms with Crippen LogP contribution in [0.1, 0.15) is 6.92 Å². The number of H-pyrrole nitrogens is 1. The quantitative estimate of drug-likeness (QED) is 0.745. The van der Waals surface area contributed by atoms with Crippen LogP contribution in [0.5, 0.6) is 0 Å². The average Bonchev–Trinajstić information content (AvgIpc) is 2.14. The first-order chi connectivity index (χ1) is 6.65. The summed E-state index contributed by atoms with van der Waals surface area (Å²) in [4.78, 5) is 24.4. The normalized spacial score (nSPS) is 10.4. The summed E-state index contributed by atoms with van der Waals surface area (Å²) in [6, 6.07) is 0. The molecule has 5 nitrogen and oxygen atoms in total. The van der Waals surface area contributed by atoms with Gasteiger partial charge in [-0.1, -0.05) is 6.92 Å². The van der Waals surface area contributed by atoms with Crippen molar-refractivity contribution < 1.29 is 0 Å². The monoisotopic (exact) mass is 261 g/mol. The summed E-state index contributed by atoms with van der Waals surface area (Å²) in [6.45, 7) is 4.10. The van der Waals surface area contributed by atoms with Crippen LogP contribution >= 0.6 is 15.9 Å². The summed E-state index contributed by atoms with van der Waals surface area (Å²) in [5, 5.41) is 3.09. The van der Waals surface area contributed by atoms with Gasteiger partial charge in [-0.25, -0.2) is 4.79 Å². The summed E-state index contributed by atoms with van der Waals surface area (Å²) in [6.07, 6.45) is 1.50. The molecule has 0 bridgehead atoms. The van der Waals surface area contributed by atoms with Crippen LogP contribution in [-0.4, -0.2) is 22.6 Å². The minimum atomic E-state index is -0.394. The number of aromatic nitrogens is 2. The maximum absolute atomic E-state index is 11.2. The van der Waals surface area contributed by atoms with Gasteiger partial charge in [-0.3, -0.25) is 14.3 Å². The second-order valence-corrected chi connectivity index (χ2v) is 3.64. The molecular formula is C8H12BrN3O2. The summed E-state index contributed by atoms with van der Waals surface area (Å²) in [5.74, 6) is 0. The molecule has 0 atom stereocenters. The molecule has 0 spiro atoms. The Morgan fingerprint density at radius 2 is 2.29 bits per heavy atom. The molecule has 0 aliphatic carbocycles. The van der Waals surface area contributed by atoms with Gasteiger partial charge in [0, 0.05) is 19.3 Å². The lowest BCUT2D eigenvalue weighted by Crippen LogP contribution is -2.32. The van der Waals surface area contributed by atoms with Gasteiger partial charge < -0.3 is 5.32 Å². The highest BCUT2D eigenvalue weighted by atomic mass is 79.9. The van der Waals surface area contributed by atoms with Crippen LogP contribution < -0.4 is 16.6 Å². The first-order valence-electron chi connectivity index (χ1n) is 4.35. The minimum Gasteiger partial charge on any atom is -0.315 e. The van der Waals surface area contributed by atoms with Crippen LogP contribution in [0.2, 0.25) is 0 Å². The van der Waals surface area contributed by atoms with Crippen LogP contribution in [0.4, 0.5) is 0 Å². The van der Waals surface area contributed by atoms with E-state index >= 15 is 0 Å². The predicted molar refractivity (Wildman–Crippen MR) is 57.6 cm³/mol. The Morgan fingerprint density at radius 3 is 2.93 bits per heavy atom. The van der Waals surface area contributed by atoms with E-state index in [1.807, 2.05) is 6.92 Å². The van der Waals surface area contributed by atoms with Gasteiger partial charge in [0.25, 0.3) is 5.56 Å². The fourth-order valence-electron chi connectivity index (χ4n) is 1.03. The molecule has 0 aromatic carbocycles. The standard InChI is InChI=1S/C8H12BrN3O2/c1-2-10-3-4-12-5-6(9)7(13)11-8(12)14/h5,10H,2-4H2,1H3,(H,11,13,14). The van der Waals surface area contributed by atoms with Gasteiger partial charge in [-0.15, -0.1) is 0 Å². The molecule has 1 aromatic rings. The van der Waals surface area contributed by atoms with Crippen molar-refractivity contribution in [2.24, 2.45) is 0 Å². The van der Waals surface area contributed by atoms with Crippen molar-refractivity contribution in [3.8, 4) is 0 Å². The highest BCUT2D eigenvalue weighted by Gasteiger charge is 2.00. The van der Waals surface area contributed by atoms with E-state index in [0.717, 1.165) is 6.54 Å². The Kier molecular flexibility index (Phi) is 4.09. The molecule has 14 heavy (non-hydrogen) atoms. The molecule has 0 saturated heterocycles. The zero-order valence-electron chi connectivity index (χ0n) is 7.84. The highest BCUT2D eigenvalue weighted by Crippen LogP contribution is 1.97. The molecule has 0 fully saturated rings. The van der Waals surface area contributed by atoms with Gasteiger partial charge in [0.15, 0.2) is 0 Å². The zero-order chi connectivity index (χ0) is 10.6. The Bertz CT molecular complexity index is 410. The molecular weight excluding hydrogens is 250 g/mol. The first-order valence-corrected chi connectivity index (χ1v) is 5.14. The largest absolute Gasteiger partial charge is 0.328 e. The first kappa shape index (κ1) is 11.2. The zero-order valence-corrected chi connectivity index (χ0v) is 9.43. The molecule has 2 N–H and O–H groups in total. The van der Waals surface area contributed by atoms with E-state index in [1.165, 1.54) is 10.8 Å². The van der Waals surface area contributed by atoms with E-state index in [4.69, 9.17) is 0 Å². The van der Waals surface area contributed by atoms with Gasteiger partial charge in [-0.05, 0) is 22.5 Å². The van der Waals surface area contributed by atoms with E-state index in [1.54, 1.807) is 0 Å². The second-order valence-electron chi connectivity index (χ2n) is 2.78. The average molecular weight is 262 g/mol. The van der Waals surface area contributed by atoms with Crippen molar-refractivity contribution in [1.82, 2.24) is 14.9 Å². The van der Waals surface area contributed by atoms with Crippen LogP contribution in [-0.2, 0) is 6.54 Å². The molecule has 6 heteroatoms. The molecule has 0 aliphatic rings. The van der Waals surface area contributed by atoms with Crippen LogP contribution in [0.25, 0.3) is 0 Å². The fourth-order valence-corrected chi connectivity index (χ4v) is 1.37. The van der Waals surface area contributed by atoms with Gasteiger partial charge in [-0.2, -0.15) is 0 Å². The molecule has 0 radical (unpaired) electrons. The summed E-state index contributed by atoms with van der Waals surface area (Å²) in [5.41, 5.74) is -0.772. The molecule has 0 unspecified atom stereocenters. The SMILES string of the molecule is CCNCCn1cc(Br)c(=O)[nH]c1=O. The number of likely N-dealkylation sites (N-methyl/N-ethyl adjacent to an activating group) is 1. The lowest BCUT2D eigenvalue weighted by atomic mass is 10.5. The van der Waals surface area contributed by atoms with Gasteiger partial charge >= 0.3 is 5.69 Å². The Balaban J connectivity index is 2.82. The molecule has 0 saturated carbocycles. The van der Waals surface area contributed by atoms with Crippen molar-refractivity contribution in [3.63, 3.8) is 0 Å². The number of hydrogen-bond acceptors (Lipinski definition) is 3. The van der Waals surface area contributed by atoms with Crippen LogP contribution in [0.3, 0.4) is 0 Å². The number of hydrogen-bond donors (Lipinski definition) is 2. The maximum Gasteiger partial charge on any atom is 0.328 e. The van der Waals surface area contributed by atoms with Gasteiger partial charge in [0.05, 0.1) is 4.47 Å². The smallest absolute Gasteiger partial charge is 0.315 e. The summed E-state index contributed by atoms with van der Waals surface area (Å²) < 4.78 is 1.82. The van der Waals surface area contributed by atoms with E-state index in [-0.39, 0.29) is 5.69 Å². The molecule has 0 amide bonds. The van der Waals surface area contributed by atoms with E-state index in [0.29, 0.717) is 17.6 Å². The maximum atomic E-state index is 11.2. The molecule has 0 aliphatic heterocycles. The summed E-state index contributed by atoms with van der Waals surface area (Å²) >= 11 is 3.07. The fraction of sp³-hybridized carbons (Fsp3) is 0.500. The number of nitrogens with zero attached hydrogens (tertiary/aromatic N) is 1. The third kappa shape index (κ3) is 2.81. The number of aromatic amines is 1. The molecule has 1 aromatic heterocycles. The Labute approximate surface area is 89.3 Å². The van der Waals surface area contributed by atoms with Crippen LogP contribution in [0, 0.1) is 0 Å². The second kappa shape index (κ2) is 5.11. The lowest BCUT2D eigenvalue weighted by molar-refractivity contribution is 0.585. The topological polar surface area (TPSA) is 66.9 Å². The number of rotatable bonds is 4. The van der Waals surface area contributed by atoms with Gasteiger partial charge in [0.1, 0.15) is 0 Å².